The molecule has 4 aromatic heterocycles. The first kappa shape index (κ1) is 23.3. The second kappa shape index (κ2) is 9.06. The van der Waals surface area contributed by atoms with Crippen molar-refractivity contribution >= 4 is 32.9 Å². The highest BCUT2D eigenvalue weighted by molar-refractivity contribution is 7.18. The summed E-state index contributed by atoms with van der Waals surface area (Å²) in [7, 11) is 0. The Morgan fingerprint density at radius 3 is 2.75 bits per heavy atom. The number of benzene rings is 1. The molecule has 6 rings (SSSR count). The molecule has 36 heavy (non-hydrogen) atoms. The van der Waals surface area contributed by atoms with Crippen molar-refractivity contribution in [1.82, 2.24) is 39.7 Å². The minimum atomic E-state index is -1.27. The van der Waals surface area contributed by atoms with Gasteiger partial charge in [0, 0.05) is 16.8 Å². The molecular formula is C22H22N8O4S2. The van der Waals surface area contributed by atoms with Gasteiger partial charge in [0.15, 0.2) is 5.82 Å². The number of rotatable bonds is 5. The number of hydrogen-bond donors (Lipinski definition) is 3. The summed E-state index contributed by atoms with van der Waals surface area (Å²) in [5, 5.41) is 52.5. The summed E-state index contributed by atoms with van der Waals surface area (Å²) in [4.78, 5) is 8.92. The summed E-state index contributed by atoms with van der Waals surface area (Å²) >= 11 is 3.00. The molecule has 0 aliphatic carbocycles. The molecule has 1 aliphatic rings. The van der Waals surface area contributed by atoms with Crippen LogP contribution in [0.3, 0.4) is 0 Å². The molecular weight excluding hydrogens is 504 g/mol. The highest BCUT2D eigenvalue weighted by Gasteiger charge is 2.48. The lowest BCUT2D eigenvalue weighted by Gasteiger charge is -2.41. The summed E-state index contributed by atoms with van der Waals surface area (Å²) in [6, 6.07) is 4.81. The molecule has 5 heterocycles. The molecule has 1 fully saturated rings. The Kier molecular flexibility index (Phi) is 5.86. The third-order valence-corrected chi connectivity index (χ3v) is 8.05. The number of fused-ring (bicyclic) bond motifs is 1. The molecule has 0 spiro atoms. The van der Waals surface area contributed by atoms with Crippen molar-refractivity contribution in [3.63, 3.8) is 0 Å². The zero-order chi connectivity index (χ0) is 25.0. The smallest absolute Gasteiger partial charge is 0.169 e. The Morgan fingerprint density at radius 1 is 1.11 bits per heavy atom. The van der Waals surface area contributed by atoms with E-state index in [1.165, 1.54) is 22.3 Å². The van der Waals surface area contributed by atoms with E-state index in [1.54, 1.807) is 22.1 Å². The molecule has 1 saturated heterocycles. The number of thiazole rings is 2. The van der Waals surface area contributed by atoms with Crippen molar-refractivity contribution in [3.05, 3.63) is 52.6 Å². The van der Waals surface area contributed by atoms with Gasteiger partial charge in [-0.15, -0.1) is 38.0 Å². The molecule has 12 nitrogen and oxygen atoms in total. The molecule has 1 aromatic carbocycles. The highest BCUT2D eigenvalue weighted by Crippen LogP contribution is 2.38. The molecule has 0 bridgehead atoms. The third-order valence-electron chi connectivity index (χ3n) is 6.13. The van der Waals surface area contributed by atoms with Gasteiger partial charge in [0.2, 0.25) is 0 Å². The molecule has 1 aliphatic heterocycles. The van der Waals surface area contributed by atoms with Crippen LogP contribution < -0.4 is 0 Å². The van der Waals surface area contributed by atoms with Gasteiger partial charge in [0.1, 0.15) is 47.5 Å². The van der Waals surface area contributed by atoms with Crippen LogP contribution >= 0.6 is 22.7 Å². The first-order valence-electron chi connectivity index (χ1n) is 11.2. The predicted molar refractivity (Wildman–Crippen MR) is 131 cm³/mol. The lowest BCUT2D eigenvalue weighted by Crippen LogP contribution is -2.53. The molecule has 5 atom stereocenters. The maximum absolute atomic E-state index is 11.4. The monoisotopic (exact) mass is 526 g/mol. The van der Waals surface area contributed by atoms with Gasteiger partial charge in [-0.1, -0.05) is 5.21 Å². The second-order valence-corrected chi connectivity index (χ2v) is 10.7. The van der Waals surface area contributed by atoms with Crippen molar-refractivity contribution in [1.29, 1.82) is 0 Å². The minimum Gasteiger partial charge on any atom is -0.394 e. The second-order valence-electron chi connectivity index (χ2n) is 8.57. The quantitative estimate of drug-likeness (QED) is 0.307. The molecule has 0 amide bonds. The molecule has 0 unspecified atom stereocenters. The SMILES string of the molecule is Cc1csc(-c2cn([C@H]3[C@@H](O)[C@@H](CO)O[C@@H](c4nncn4-c4ccc5nc(C)sc5c4)[C@@H]3O)nn2)n1. The molecule has 0 radical (unpaired) electrons. The number of aromatic nitrogens is 8. The van der Waals surface area contributed by atoms with Crippen molar-refractivity contribution in [2.24, 2.45) is 0 Å². The van der Waals surface area contributed by atoms with Crippen LogP contribution in [-0.2, 0) is 4.74 Å². The number of aliphatic hydroxyl groups is 3. The first-order valence-corrected chi connectivity index (χ1v) is 12.9. The number of aliphatic hydroxyl groups excluding tert-OH is 3. The molecule has 5 aromatic rings. The van der Waals surface area contributed by atoms with Crippen molar-refractivity contribution in [2.45, 2.75) is 44.3 Å². The number of aryl methyl sites for hydroxylation is 2. The normalized spacial score (nSPS) is 24.5. The first-order chi connectivity index (χ1) is 17.4. The van der Waals surface area contributed by atoms with Crippen LogP contribution in [0.5, 0.6) is 0 Å². The minimum absolute atomic E-state index is 0.328. The number of nitrogens with zero attached hydrogens (tertiary/aromatic N) is 8. The number of hydrogen-bond acceptors (Lipinski definition) is 12. The van der Waals surface area contributed by atoms with Crippen LogP contribution in [0.15, 0.2) is 36.1 Å². The summed E-state index contributed by atoms with van der Waals surface area (Å²) in [5.41, 5.74) is 3.05. The predicted octanol–water partition coefficient (Wildman–Crippen LogP) is 1.60. The van der Waals surface area contributed by atoms with Crippen LogP contribution in [0.4, 0.5) is 0 Å². The summed E-state index contributed by atoms with van der Waals surface area (Å²) in [6.45, 7) is 3.37. The zero-order valence-electron chi connectivity index (χ0n) is 19.2. The van der Waals surface area contributed by atoms with Crippen molar-refractivity contribution in [3.8, 4) is 16.4 Å². The fourth-order valence-corrected chi connectivity index (χ4v) is 6.04. The van der Waals surface area contributed by atoms with Gasteiger partial charge < -0.3 is 20.1 Å². The average Bonchev–Trinajstić information content (AvgIpc) is 3.65. The van der Waals surface area contributed by atoms with E-state index in [9.17, 15) is 15.3 Å². The van der Waals surface area contributed by atoms with Gasteiger partial charge in [-0.25, -0.2) is 14.6 Å². The Hall–Kier alpha value is -3.14. The Morgan fingerprint density at radius 2 is 1.97 bits per heavy atom. The molecule has 3 N–H and O–H groups in total. The van der Waals surface area contributed by atoms with Crippen LogP contribution in [0.2, 0.25) is 0 Å². The van der Waals surface area contributed by atoms with E-state index in [0.717, 1.165) is 26.6 Å². The van der Waals surface area contributed by atoms with Gasteiger partial charge in [0.25, 0.3) is 0 Å². The maximum Gasteiger partial charge on any atom is 0.169 e. The van der Waals surface area contributed by atoms with E-state index in [0.29, 0.717) is 16.5 Å². The van der Waals surface area contributed by atoms with E-state index in [1.807, 2.05) is 37.4 Å². The van der Waals surface area contributed by atoms with Crippen LogP contribution in [0, 0.1) is 13.8 Å². The Bertz CT molecular complexity index is 1530. The van der Waals surface area contributed by atoms with Crippen molar-refractivity contribution in [2.75, 3.05) is 6.61 Å². The van der Waals surface area contributed by atoms with Crippen molar-refractivity contribution < 1.29 is 20.1 Å². The highest BCUT2D eigenvalue weighted by atomic mass is 32.1. The molecule has 0 saturated carbocycles. The van der Waals surface area contributed by atoms with Gasteiger partial charge >= 0.3 is 0 Å². The topological polar surface area (TPSA) is 157 Å². The summed E-state index contributed by atoms with van der Waals surface area (Å²) in [5.74, 6) is 0.328. The van der Waals surface area contributed by atoms with E-state index in [-0.39, 0.29) is 0 Å². The number of ether oxygens (including phenoxy) is 1. The van der Waals surface area contributed by atoms with Crippen LogP contribution in [0.1, 0.15) is 28.7 Å². The lowest BCUT2D eigenvalue weighted by atomic mass is 9.92. The fraction of sp³-hybridized carbons (Fsp3) is 0.364. The van der Waals surface area contributed by atoms with E-state index < -0.39 is 37.1 Å². The maximum atomic E-state index is 11.4. The van der Waals surface area contributed by atoms with Crippen LogP contribution in [-0.4, -0.2) is 80.0 Å². The largest absolute Gasteiger partial charge is 0.394 e. The van der Waals surface area contributed by atoms with E-state index in [4.69, 9.17) is 4.74 Å². The Balaban J connectivity index is 1.37. The summed E-state index contributed by atoms with van der Waals surface area (Å²) in [6.07, 6.45) is -1.36. The van der Waals surface area contributed by atoms with Crippen LogP contribution in [0.25, 0.3) is 26.6 Å². The van der Waals surface area contributed by atoms with E-state index in [2.05, 4.69) is 30.5 Å². The fourth-order valence-electron chi connectivity index (χ4n) is 4.44. The van der Waals surface area contributed by atoms with E-state index >= 15 is 0 Å². The summed E-state index contributed by atoms with van der Waals surface area (Å²) < 4.78 is 10.1. The zero-order valence-corrected chi connectivity index (χ0v) is 20.8. The Labute approximate surface area is 212 Å². The average molecular weight is 527 g/mol. The lowest BCUT2D eigenvalue weighted by molar-refractivity contribution is -0.210. The van der Waals surface area contributed by atoms with Gasteiger partial charge in [-0.05, 0) is 32.0 Å². The van der Waals surface area contributed by atoms with Gasteiger partial charge in [-0.2, -0.15) is 0 Å². The van der Waals surface area contributed by atoms with Gasteiger partial charge in [-0.3, -0.25) is 4.57 Å². The van der Waals surface area contributed by atoms with Gasteiger partial charge in [0.05, 0.1) is 28.0 Å². The third kappa shape index (κ3) is 3.91. The molecule has 186 valence electrons. The molecule has 14 heteroatoms. The standard InChI is InChI=1S/C22H22N8O4S2/c1-10-8-35-22(24-10)14-6-30(28-26-14)17-18(32)15(7-31)34-20(19(17)33)21-27-23-9-29(21)12-3-4-13-16(5-12)36-11(2)25-13/h3-6,8-9,15,17-20,31-33H,7H2,1-2H3/t15-,17+,18+,19-,20-/m1/s1.